The van der Waals surface area contributed by atoms with Gasteiger partial charge in [0.2, 0.25) is 17.6 Å². The molecule has 0 fully saturated rings. The number of para-hydroxylation sites is 2. The van der Waals surface area contributed by atoms with Gasteiger partial charge in [-0.2, -0.15) is 0 Å². The standard InChI is InChI=1S/C30H35N5O5/c1-7-30(2,3)31-29(37)27(20-17-24(38-4)28(40-6)25(18-20)39-5)35(21-13-9-8-10-14-21)26(36)19-34-23-16-12-11-15-22(23)32-33-34/h8-18,27H,7,19H2,1-6H3,(H,31,37). The number of rotatable bonds is 11. The van der Waals surface area contributed by atoms with Crippen molar-refractivity contribution < 1.29 is 23.8 Å². The molecule has 1 N–H and O–H groups in total. The molecule has 0 saturated carbocycles. The lowest BCUT2D eigenvalue weighted by Gasteiger charge is -2.35. The lowest BCUT2D eigenvalue weighted by Crippen LogP contribution is -2.51. The van der Waals surface area contributed by atoms with Crippen LogP contribution in [-0.2, 0) is 16.1 Å². The second-order valence-electron chi connectivity index (χ2n) is 9.92. The first-order chi connectivity index (χ1) is 19.2. The van der Waals surface area contributed by atoms with Crippen LogP contribution in [0.3, 0.4) is 0 Å². The average molecular weight is 546 g/mol. The highest BCUT2D eigenvalue weighted by Crippen LogP contribution is 2.41. The van der Waals surface area contributed by atoms with Crippen LogP contribution in [0.25, 0.3) is 11.0 Å². The number of nitrogens with zero attached hydrogens (tertiary/aromatic N) is 4. The zero-order valence-corrected chi connectivity index (χ0v) is 23.7. The first-order valence-corrected chi connectivity index (χ1v) is 13.0. The Labute approximate surface area is 233 Å². The Morgan fingerprint density at radius 1 is 0.950 bits per heavy atom. The van der Waals surface area contributed by atoms with Gasteiger partial charge in [0, 0.05) is 11.2 Å². The van der Waals surface area contributed by atoms with Crippen molar-refractivity contribution in [2.24, 2.45) is 0 Å². The number of benzene rings is 3. The minimum absolute atomic E-state index is 0.138. The molecule has 0 aliphatic rings. The van der Waals surface area contributed by atoms with Crippen LogP contribution in [0.15, 0.2) is 66.7 Å². The summed E-state index contributed by atoms with van der Waals surface area (Å²) in [5.74, 6) is 0.402. The van der Waals surface area contributed by atoms with Crippen molar-refractivity contribution in [3.8, 4) is 17.2 Å². The first kappa shape index (κ1) is 28.4. The van der Waals surface area contributed by atoms with Gasteiger partial charge in [0.05, 0.1) is 26.8 Å². The zero-order valence-electron chi connectivity index (χ0n) is 23.7. The number of nitrogens with one attached hydrogen (secondary N) is 1. The van der Waals surface area contributed by atoms with Crippen molar-refractivity contribution in [2.45, 2.75) is 45.3 Å². The summed E-state index contributed by atoms with van der Waals surface area (Å²) in [5, 5.41) is 11.5. The van der Waals surface area contributed by atoms with Gasteiger partial charge in [-0.25, -0.2) is 4.68 Å². The summed E-state index contributed by atoms with van der Waals surface area (Å²) < 4.78 is 18.2. The van der Waals surface area contributed by atoms with E-state index in [0.717, 1.165) is 0 Å². The minimum atomic E-state index is -1.08. The molecule has 0 spiro atoms. The molecule has 3 aromatic carbocycles. The molecule has 1 aromatic heterocycles. The number of amides is 2. The summed E-state index contributed by atoms with van der Waals surface area (Å²) in [7, 11) is 4.52. The molecule has 2 amide bonds. The lowest BCUT2D eigenvalue weighted by molar-refractivity contribution is -0.128. The number of carbonyl (C=O) groups excluding carboxylic acids is 2. The number of fused-ring (bicyclic) bond motifs is 1. The van der Waals surface area contributed by atoms with E-state index in [1.54, 1.807) is 24.3 Å². The van der Waals surface area contributed by atoms with Crippen molar-refractivity contribution in [2.75, 3.05) is 26.2 Å². The van der Waals surface area contributed by atoms with Gasteiger partial charge in [0.15, 0.2) is 11.5 Å². The van der Waals surface area contributed by atoms with Gasteiger partial charge >= 0.3 is 0 Å². The van der Waals surface area contributed by atoms with Crippen LogP contribution in [0.4, 0.5) is 5.69 Å². The van der Waals surface area contributed by atoms with E-state index in [0.29, 0.717) is 46.0 Å². The molecule has 1 unspecified atom stereocenters. The van der Waals surface area contributed by atoms with Crippen LogP contribution in [0.2, 0.25) is 0 Å². The highest BCUT2D eigenvalue weighted by molar-refractivity contribution is 6.01. The van der Waals surface area contributed by atoms with Crippen LogP contribution in [-0.4, -0.2) is 53.7 Å². The third kappa shape index (κ3) is 5.85. The van der Waals surface area contributed by atoms with E-state index >= 15 is 0 Å². The molecular weight excluding hydrogens is 510 g/mol. The molecule has 0 bridgehead atoms. The second kappa shape index (κ2) is 12.1. The SMILES string of the molecule is CCC(C)(C)NC(=O)C(c1cc(OC)c(OC)c(OC)c1)N(C(=O)Cn1nnc2ccccc21)c1ccccc1. The highest BCUT2D eigenvalue weighted by atomic mass is 16.5. The summed E-state index contributed by atoms with van der Waals surface area (Å²) in [5.41, 5.74) is 1.89. The smallest absolute Gasteiger partial charge is 0.249 e. The lowest BCUT2D eigenvalue weighted by atomic mass is 9.97. The number of anilines is 1. The van der Waals surface area contributed by atoms with Gasteiger partial charge in [0.1, 0.15) is 18.1 Å². The molecule has 4 aromatic rings. The highest BCUT2D eigenvalue weighted by Gasteiger charge is 2.36. The van der Waals surface area contributed by atoms with E-state index in [4.69, 9.17) is 14.2 Å². The second-order valence-corrected chi connectivity index (χ2v) is 9.92. The Hall–Kier alpha value is -4.60. The molecule has 10 heteroatoms. The van der Waals surface area contributed by atoms with Crippen LogP contribution in [0.1, 0.15) is 38.8 Å². The molecule has 0 aliphatic heterocycles. The molecule has 0 aliphatic carbocycles. The summed E-state index contributed by atoms with van der Waals surface area (Å²) in [6.45, 7) is 5.73. The molecule has 1 heterocycles. The molecule has 1 atom stereocenters. The summed E-state index contributed by atoms with van der Waals surface area (Å²) in [6, 6.07) is 18.8. The average Bonchev–Trinajstić information content (AvgIpc) is 3.37. The van der Waals surface area contributed by atoms with Crippen LogP contribution >= 0.6 is 0 Å². The van der Waals surface area contributed by atoms with Crippen molar-refractivity contribution in [3.63, 3.8) is 0 Å². The van der Waals surface area contributed by atoms with E-state index in [1.807, 2.05) is 63.2 Å². The largest absolute Gasteiger partial charge is 0.493 e. The predicted octanol–water partition coefficient (Wildman–Crippen LogP) is 4.54. The quantitative estimate of drug-likeness (QED) is 0.295. The van der Waals surface area contributed by atoms with Gasteiger partial charge in [-0.3, -0.25) is 14.5 Å². The van der Waals surface area contributed by atoms with Crippen molar-refractivity contribution >= 4 is 28.5 Å². The molecule has 4 rings (SSSR count). The van der Waals surface area contributed by atoms with Crippen molar-refractivity contribution in [3.05, 3.63) is 72.3 Å². The van der Waals surface area contributed by atoms with Crippen LogP contribution < -0.4 is 24.4 Å². The van der Waals surface area contributed by atoms with E-state index in [2.05, 4.69) is 15.6 Å². The fraction of sp³-hybridized carbons (Fsp3) is 0.333. The van der Waals surface area contributed by atoms with Crippen molar-refractivity contribution in [1.29, 1.82) is 0 Å². The van der Waals surface area contributed by atoms with E-state index < -0.39 is 11.6 Å². The molecule has 40 heavy (non-hydrogen) atoms. The third-order valence-electron chi connectivity index (χ3n) is 6.86. The fourth-order valence-electron chi connectivity index (χ4n) is 4.43. The maximum Gasteiger partial charge on any atom is 0.249 e. The van der Waals surface area contributed by atoms with Crippen molar-refractivity contribution in [1.82, 2.24) is 20.3 Å². The van der Waals surface area contributed by atoms with Crippen LogP contribution in [0, 0.1) is 0 Å². The van der Waals surface area contributed by atoms with Crippen LogP contribution in [0.5, 0.6) is 17.2 Å². The topological polar surface area (TPSA) is 108 Å². The van der Waals surface area contributed by atoms with Gasteiger partial charge < -0.3 is 19.5 Å². The number of aromatic nitrogens is 3. The first-order valence-electron chi connectivity index (χ1n) is 13.0. The molecular formula is C30H35N5O5. The molecule has 0 saturated heterocycles. The number of methoxy groups -OCH3 is 3. The normalized spacial score (nSPS) is 12.1. The fourth-order valence-corrected chi connectivity index (χ4v) is 4.43. The predicted molar refractivity (Wildman–Crippen MR) is 153 cm³/mol. The zero-order chi connectivity index (χ0) is 28.9. The van der Waals surface area contributed by atoms with Gasteiger partial charge in [-0.1, -0.05) is 42.5 Å². The Morgan fingerprint density at radius 3 is 2.17 bits per heavy atom. The maximum atomic E-state index is 14.2. The number of hydrogen-bond acceptors (Lipinski definition) is 7. The van der Waals surface area contributed by atoms with E-state index in [1.165, 1.54) is 30.9 Å². The number of ether oxygens (including phenoxy) is 3. The van der Waals surface area contributed by atoms with E-state index in [-0.39, 0.29) is 18.4 Å². The maximum absolute atomic E-state index is 14.2. The summed E-state index contributed by atoms with van der Waals surface area (Å²) >= 11 is 0. The molecule has 210 valence electrons. The van der Waals surface area contributed by atoms with Gasteiger partial charge in [-0.05, 0) is 62.2 Å². The Morgan fingerprint density at radius 2 is 1.57 bits per heavy atom. The minimum Gasteiger partial charge on any atom is -0.493 e. The number of hydrogen-bond donors (Lipinski definition) is 1. The Bertz CT molecular complexity index is 1460. The molecule has 0 radical (unpaired) electrons. The number of carbonyl (C=O) groups is 2. The van der Waals surface area contributed by atoms with Gasteiger partial charge in [0.25, 0.3) is 0 Å². The van der Waals surface area contributed by atoms with E-state index in [9.17, 15) is 9.59 Å². The Balaban J connectivity index is 1.89. The Kier molecular flexibility index (Phi) is 8.57. The monoisotopic (exact) mass is 545 g/mol. The van der Waals surface area contributed by atoms with Gasteiger partial charge in [-0.15, -0.1) is 5.10 Å². The third-order valence-corrected chi connectivity index (χ3v) is 6.86. The summed E-state index contributed by atoms with van der Waals surface area (Å²) in [4.78, 5) is 29.8. The summed E-state index contributed by atoms with van der Waals surface area (Å²) in [6.07, 6.45) is 0.685. The molecule has 10 nitrogen and oxygen atoms in total.